The molecule has 0 saturated heterocycles. The van der Waals surface area contributed by atoms with E-state index >= 15 is 0 Å². The maximum Gasteiger partial charge on any atom is 0.146 e. The summed E-state index contributed by atoms with van der Waals surface area (Å²) in [5.74, 6) is -0.222. The molecule has 1 unspecified atom stereocenters. The number of anilines is 1. The van der Waals surface area contributed by atoms with Crippen molar-refractivity contribution in [2.45, 2.75) is 47.2 Å². The number of hydrogen-bond donors (Lipinski definition) is 1. The smallest absolute Gasteiger partial charge is 0.146 e. The normalized spacial score (nSPS) is 12.5. The topological polar surface area (TPSA) is 29.9 Å². The zero-order valence-electron chi connectivity index (χ0n) is 12.8. The summed E-state index contributed by atoms with van der Waals surface area (Å²) in [5.41, 5.74) is 4.86. The van der Waals surface area contributed by atoms with Gasteiger partial charge < -0.3 is 5.32 Å². The zero-order chi connectivity index (χ0) is 14.9. The molecule has 0 radical (unpaired) electrons. The Labute approximate surface area is 119 Å². The van der Waals surface area contributed by atoms with Crippen LogP contribution in [0, 0.1) is 26.6 Å². The van der Waals surface area contributed by atoms with Crippen LogP contribution in [-0.4, -0.2) is 9.78 Å². The van der Waals surface area contributed by atoms with Crippen molar-refractivity contribution in [3.8, 4) is 0 Å². The Morgan fingerprint density at radius 3 is 2.60 bits per heavy atom. The molecule has 108 valence electrons. The molecule has 0 bridgehead atoms. The zero-order valence-corrected chi connectivity index (χ0v) is 12.8. The quantitative estimate of drug-likeness (QED) is 0.908. The van der Waals surface area contributed by atoms with Gasteiger partial charge in [0.2, 0.25) is 0 Å². The van der Waals surface area contributed by atoms with Crippen molar-refractivity contribution in [3.63, 3.8) is 0 Å². The van der Waals surface area contributed by atoms with E-state index in [1.807, 2.05) is 31.5 Å². The van der Waals surface area contributed by atoms with E-state index in [0.29, 0.717) is 5.69 Å². The second-order valence-corrected chi connectivity index (χ2v) is 5.25. The van der Waals surface area contributed by atoms with Crippen molar-refractivity contribution in [3.05, 3.63) is 46.5 Å². The Balaban J connectivity index is 2.30. The monoisotopic (exact) mass is 275 g/mol. The summed E-state index contributed by atoms with van der Waals surface area (Å²) in [7, 11) is 0. The molecule has 1 N–H and O–H groups in total. The second kappa shape index (κ2) is 5.65. The molecule has 20 heavy (non-hydrogen) atoms. The van der Waals surface area contributed by atoms with Crippen LogP contribution in [0.15, 0.2) is 18.2 Å². The number of halogens is 1. The SMILES string of the molecule is CCn1nc(C)c(C(C)Nc2cc(C)ccc2F)c1C. The summed E-state index contributed by atoms with van der Waals surface area (Å²) in [6.07, 6.45) is 0. The minimum atomic E-state index is -0.222. The molecule has 0 aliphatic rings. The van der Waals surface area contributed by atoms with E-state index in [-0.39, 0.29) is 11.9 Å². The lowest BCUT2D eigenvalue weighted by Crippen LogP contribution is -2.10. The lowest BCUT2D eigenvalue weighted by atomic mass is 10.1. The van der Waals surface area contributed by atoms with Crippen molar-refractivity contribution < 1.29 is 4.39 Å². The minimum absolute atomic E-state index is 0.0200. The van der Waals surface area contributed by atoms with E-state index in [9.17, 15) is 4.39 Å². The van der Waals surface area contributed by atoms with E-state index in [4.69, 9.17) is 0 Å². The third-order valence-electron chi connectivity index (χ3n) is 3.66. The molecule has 2 aromatic rings. The van der Waals surface area contributed by atoms with Gasteiger partial charge in [-0.3, -0.25) is 4.68 Å². The fourth-order valence-corrected chi connectivity index (χ4v) is 2.70. The summed E-state index contributed by atoms with van der Waals surface area (Å²) >= 11 is 0. The number of aryl methyl sites for hydroxylation is 3. The fourth-order valence-electron chi connectivity index (χ4n) is 2.70. The molecule has 1 aromatic heterocycles. The third kappa shape index (κ3) is 2.69. The van der Waals surface area contributed by atoms with Crippen LogP contribution in [0.2, 0.25) is 0 Å². The average molecular weight is 275 g/mol. The second-order valence-electron chi connectivity index (χ2n) is 5.25. The highest BCUT2D eigenvalue weighted by molar-refractivity contribution is 5.49. The number of hydrogen-bond acceptors (Lipinski definition) is 2. The van der Waals surface area contributed by atoms with Crippen molar-refractivity contribution in [2.75, 3.05) is 5.32 Å². The predicted octanol–water partition coefficient (Wildman–Crippen LogP) is 4.14. The van der Waals surface area contributed by atoms with Gasteiger partial charge in [0.15, 0.2) is 0 Å². The van der Waals surface area contributed by atoms with Crippen molar-refractivity contribution in [2.24, 2.45) is 0 Å². The van der Waals surface area contributed by atoms with Crippen LogP contribution >= 0.6 is 0 Å². The fraction of sp³-hybridized carbons (Fsp3) is 0.438. The standard InChI is InChI=1S/C16H22FN3/c1-6-20-13(5)16(12(4)19-20)11(3)18-15-9-10(2)7-8-14(15)17/h7-9,11,18H,6H2,1-5H3. The number of benzene rings is 1. The third-order valence-corrected chi connectivity index (χ3v) is 3.66. The highest BCUT2D eigenvalue weighted by atomic mass is 19.1. The lowest BCUT2D eigenvalue weighted by Gasteiger charge is -2.17. The molecule has 2 rings (SSSR count). The lowest BCUT2D eigenvalue weighted by molar-refractivity contribution is 0.625. The first-order chi connectivity index (χ1) is 9.43. The average Bonchev–Trinajstić information content (AvgIpc) is 2.68. The van der Waals surface area contributed by atoms with Crippen molar-refractivity contribution >= 4 is 5.69 Å². The van der Waals surface area contributed by atoms with Crippen molar-refractivity contribution in [1.82, 2.24) is 9.78 Å². The summed E-state index contributed by atoms with van der Waals surface area (Å²) < 4.78 is 15.8. The minimum Gasteiger partial charge on any atom is -0.376 e. The first-order valence-corrected chi connectivity index (χ1v) is 7.00. The summed E-state index contributed by atoms with van der Waals surface area (Å²) in [6.45, 7) is 11.0. The van der Waals surface area contributed by atoms with Crippen LogP contribution in [0.1, 0.15) is 42.4 Å². The molecule has 1 atom stereocenters. The van der Waals surface area contributed by atoms with Gasteiger partial charge in [-0.05, 0) is 52.3 Å². The van der Waals surface area contributed by atoms with Crippen LogP contribution in [0.4, 0.5) is 10.1 Å². The maximum atomic E-state index is 13.8. The van der Waals surface area contributed by atoms with E-state index in [0.717, 1.165) is 29.1 Å². The highest BCUT2D eigenvalue weighted by Crippen LogP contribution is 2.26. The van der Waals surface area contributed by atoms with Gasteiger partial charge in [-0.1, -0.05) is 6.07 Å². The van der Waals surface area contributed by atoms with Gasteiger partial charge in [-0.25, -0.2) is 4.39 Å². The van der Waals surface area contributed by atoms with Crippen LogP contribution in [0.5, 0.6) is 0 Å². The molecule has 1 heterocycles. The molecule has 0 spiro atoms. The van der Waals surface area contributed by atoms with E-state index in [1.54, 1.807) is 6.07 Å². The van der Waals surface area contributed by atoms with Gasteiger partial charge in [0.25, 0.3) is 0 Å². The van der Waals surface area contributed by atoms with Gasteiger partial charge in [0.1, 0.15) is 5.82 Å². The predicted molar refractivity (Wildman–Crippen MR) is 80.5 cm³/mol. The van der Waals surface area contributed by atoms with Crippen LogP contribution in [0.3, 0.4) is 0 Å². The summed E-state index contributed by atoms with van der Waals surface area (Å²) in [5, 5.41) is 7.77. The molecule has 0 fully saturated rings. The van der Waals surface area contributed by atoms with E-state index in [1.165, 1.54) is 6.07 Å². The Bertz CT molecular complexity index is 616. The Hall–Kier alpha value is -1.84. The number of rotatable bonds is 4. The van der Waals surface area contributed by atoms with E-state index < -0.39 is 0 Å². The Morgan fingerprint density at radius 1 is 1.30 bits per heavy atom. The molecule has 0 saturated carbocycles. The van der Waals surface area contributed by atoms with Gasteiger partial charge in [0, 0.05) is 17.8 Å². The largest absolute Gasteiger partial charge is 0.376 e. The van der Waals surface area contributed by atoms with Gasteiger partial charge in [0.05, 0.1) is 17.4 Å². The van der Waals surface area contributed by atoms with Gasteiger partial charge in [-0.15, -0.1) is 0 Å². The van der Waals surface area contributed by atoms with Crippen molar-refractivity contribution in [1.29, 1.82) is 0 Å². The molecule has 4 heteroatoms. The first-order valence-electron chi connectivity index (χ1n) is 7.00. The first kappa shape index (κ1) is 14.6. The molecule has 0 aliphatic carbocycles. The molecular formula is C16H22FN3. The Kier molecular flexibility index (Phi) is 4.12. The van der Waals surface area contributed by atoms with Gasteiger partial charge >= 0.3 is 0 Å². The molecule has 3 nitrogen and oxygen atoms in total. The molecule has 0 aliphatic heterocycles. The van der Waals surface area contributed by atoms with Crippen LogP contribution < -0.4 is 5.32 Å². The number of nitrogens with one attached hydrogen (secondary N) is 1. The van der Waals surface area contributed by atoms with Crippen LogP contribution in [0.25, 0.3) is 0 Å². The van der Waals surface area contributed by atoms with E-state index in [2.05, 4.69) is 24.3 Å². The van der Waals surface area contributed by atoms with Crippen LogP contribution in [-0.2, 0) is 6.54 Å². The maximum absolute atomic E-state index is 13.8. The number of nitrogens with zero attached hydrogens (tertiary/aromatic N) is 2. The summed E-state index contributed by atoms with van der Waals surface area (Å²) in [4.78, 5) is 0. The molecular weight excluding hydrogens is 253 g/mol. The Morgan fingerprint density at radius 2 is 2.00 bits per heavy atom. The summed E-state index contributed by atoms with van der Waals surface area (Å²) in [6, 6.07) is 5.13. The highest BCUT2D eigenvalue weighted by Gasteiger charge is 2.17. The molecule has 0 amide bonds. The number of aromatic nitrogens is 2. The van der Waals surface area contributed by atoms with Gasteiger partial charge in [-0.2, -0.15) is 5.10 Å². The molecule has 1 aromatic carbocycles.